The Balaban J connectivity index is 2.41. The summed E-state index contributed by atoms with van der Waals surface area (Å²) in [6, 6.07) is 6.37. The topological polar surface area (TPSA) is 26.2 Å². The number of halogens is 1. The smallest absolute Gasteiger partial charge is 0.0572 e. The Morgan fingerprint density at radius 3 is 3.00 bits per heavy atom. The summed E-state index contributed by atoms with van der Waals surface area (Å²) in [5, 5.41) is 1.23. The van der Waals surface area contributed by atoms with Gasteiger partial charge in [0.15, 0.2) is 0 Å². The van der Waals surface area contributed by atoms with E-state index < -0.39 is 0 Å². The van der Waals surface area contributed by atoms with E-state index in [1.54, 1.807) is 7.11 Å². The van der Waals surface area contributed by atoms with Gasteiger partial charge in [0.05, 0.1) is 7.11 Å². The van der Waals surface area contributed by atoms with Gasteiger partial charge in [0, 0.05) is 35.2 Å². The average molecular weight is 269 g/mol. The Labute approximate surface area is 97.1 Å². The number of aromatic nitrogens is 1. The van der Waals surface area contributed by atoms with E-state index in [9.17, 15) is 0 Å². The molecule has 0 saturated carbocycles. The number of benzene rings is 1. The monoisotopic (exact) mass is 268 g/mol. The summed E-state index contributed by atoms with van der Waals surface area (Å²) < 4.78 is 3.23. The van der Waals surface area contributed by atoms with Crippen LogP contribution >= 0.6 is 15.9 Å². The van der Waals surface area contributed by atoms with Crippen LogP contribution in [0.5, 0.6) is 0 Å². The second-order valence-corrected chi connectivity index (χ2v) is 4.32. The first-order valence-electron chi connectivity index (χ1n) is 4.71. The Morgan fingerprint density at radius 2 is 2.27 bits per heavy atom. The molecule has 0 aliphatic rings. The molecule has 0 atom stereocenters. The van der Waals surface area contributed by atoms with Gasteiger partial charge in [-0.25, -0.2) is 0 Å². The van der Waals surface area contributed by atoms with Gasteiger partial charge in [0.25, 0.3) is 0 Å². The van der Waals surface area contributed by atoms with E-state index in [0.29, 0.717) is 6.54 Å². The zero-order valence-electron chi connectivity index (χ0n) is 8.75. The van der Waals surface area contributed by atoms with Gasteiger partial charge in [-0.05, 0) is 33.6 Å². The Kier molecular flexibility index (Phi) is 3.09. The van der Waals surface area contributed by atoms with Crippen molar-refractivity contribution in [2.75, 3.05) is 7.11 Å². The number of fused-ring (bicyclic) bond motifs is 1. The van der Waals surface area contributed by atoms with Gasteiger partial charge in [-0.1, -0.05) is 6.07 Å². The largest absolute Gasteiger partial charge is 0.349 e. The van der Waals surface area contributed by atoms with Crippen molar-refractivity contribution >= 4 is 26.8 Å². The van der Waals surface area contributed by atoms with Crippen molar-refractivity contribution in [2.24, 2.45) is 7.05 Å². The summed E-state index contributed by atoms with van der Waals surface area (Å²) in [6.45, 7) is 0.716. The Hall–Kier alpha value is -0.840. The van der Waals surface area contributed by atoms with Crippen LogP contribution in [0.4, 0.5) is 0 Å². The van der Waals surface area contributed by atoms with E-state index in [2.05, 4.69) is 50.4 Å². The molecule has 0 amide bonds. The zero-order chi connectivity index (χ0) is 10.8. The third kappa shape index (κ3) is 2.07. The zero-order valence-corrected chi connectivity index (χ0v) is 10.3. The number of hydrogen-bond donors (Lipinski definition) is 1. The minimum atomic E-state index is 0.716. The standard InChI is InChI=1S/C11H13BrN2O/c1-14-7-10(12)9-5-8(6-13-15-2)3-4-11(9)14/h3-5,7,13H,6H2,1-2H3. The van der Waals surface area contributed by atoms with Crippen LogP contribution in [-0.2, 0) is 18.4 Å². The molecule has 80 valence electrons. The minimum Gasteiger partial charge on any atom is -0.349 e. The van der Waals surface area contributed by atoms with E-state index in [0.717, 1.165) is 4.47 Å². The molecular weight excluding hydrogens is 256 g/mol. The van der Waals surface area contributed by atoms with Gasteiger partial charge < -0.3 is 9.40 Å². The Bertz CT molecular complexity index is 479. The summed E-state index contributed by atoms with van der Waals surface area (Å²) >= 11 is 3.55. The maximum atomic E-state index is 4.83. The predicted octanol–water partition coefficient (Wildman–Crippen LogP) is 2.59. The Morgan fingerprint density at radius 1 is 1.47 bits per heavy atom. The molecular formula is C11H13BrN2O. The van der Waals surface area contributed by atoms with Crippen LogP contribution in [0.2, 0.25) is 0 Å². The molecule has 4 heteroatoms. The van der Waals surface area contributed by atoms with Gasteiger partial charge in [-0.3, -0.25) is 0 Å². The summed E-state index contributed by atoms with van der Waals surface area (Å²) in [7, 11) is 3.66. The molecule has 1 aromatic heterocycles. The first kappa shape index (κ1) is 10.7. The van der Waals surface area contributed by atoms with E-state index in [4.69, 9.17) is 4.84 Å². The maximum Gasteiger partial charge on any atom is 0.0572 e. The number of nitrogens with zero attached hydrogens (tertiary/aromatic N) is 1. The molecule has 0 fully saturated rings. The number of hydroxylamine groups is 1. The average Bonchev–Trinajstić information content (AvgIpc) is 2.52. The van der Waals surface area contributed by atoms with Crippen molar-refractivity contribution in [1.29, 1.82) is 0 Å². The molecule has 2 aromatic rings. The minimum absolute atomic E-state index is 0.716. The summed E-state index contributed by atoms with van der Waals surface area (Å²) in [4.78, 5) is 4.83. The first-order valence-corrected chi connectivity index (χ1v) is 5.51. The predicted molar refractivity (Wildman–Crippen MR) is 64.5 cm³/mol. The lowest BCUT2D eigenvalue weighted by Gasteiger charge is -2.03. The molecule has 3 nitrogen and oxygen atoms in total. The van der Waals surface area contributed by atoms with Gasteiger partial charge >= 0.3 is 0 Å². The lowest BCUT2D eigenvalue weighted by atomic mass is 10.1. The van der Waals surface area contributed by atoms with Crippen molar-refractivity contribution < 1.29 is 4.84 Å². The fraction of sp³-hybridized carbons (Fsp3) is 0.273. The van der Waals surface area contributed by atoms with Crippen LogP contribution in [0.3, 0.4) is 0 Å². The normalized spacial score (nSPS) is 11.1. The SMILES string of the molecule is CONCc1ccc2c(c1)c(Br)cn2C. The molecule has 0 saturated heterocycles. The van der Waals surface area contributed by atoms with E-state index in [-0.39, 0.29) is 0 Å². The molecule has 0 spiro atoms. The van der Waals surface area contributed by atoms with Gasteiger partial charge in [0.1, 0.15) is 0 Å². The number of rotatable bonds is 3. The highest BCUT2D eigenvalue weighted by Gasteiger charge is 2.04. The van der Waals surface area contributed by atoms with Crippen LogP contribution in [0.25, 0.3) is 10.9 Å². The molecule has 1 N–H and O–H groups in total. The third-order valence-electron chi connectivity index (χ3n) is 2.43. The molecule has 0 aliphatic carbocycles. The van der Waals surface area contributed by atoms with Crippen molar-refractivity contribution in [3.8, 4) is 0 Å². The van der Waals surface area contributed by atoms with Crippen molar-refractivity contribution in [3.05, 3.63) is 34.4 Å². The highest BCUT2D eigenvalue weighted by atomic mass is 79.9. The fourth-order valence-corrected chi connectivity index (χ4v) is 2.28. The van der Waals surface area contributed by atoms with Gasteiger partial charge in [0.2, 0.25) is 0 Å². The molecule has 0 aliphatic heterocycles. The lowest BCUT2D eigenvalue weighted by Crippen LogP contribution is -2.10. The fourth-order valence-electron chi connectivity index (χ4n) is 1.66. The quantitative estimate of drug-likeness (QED) is 0.867. The molecule has 0 radical (unpaired) electrons. The van der Waals surface area contributed by atoms with Gasteiger partial charge in [-0.2, -0.15) is 5.48 Å². The number of nitrogens with one attached hydrogen (secondary N) is 1. The van der Waals surface area contributed by atoms with E-state index >= 15 is 0 Å². The van der Waals surface area contributed by atoms with Crippen molar-refractivity contribution in [2.45, 2.75) is 6.54 Å². The molecule has 0 bridgehead atoms. The molecule has 2 rings (SSSR count). The van der Waals surface area contributed by atoms with Crippen LogP contribution in [0, 0.1) is 0 Å². The van der Waals surface area contributed by atoms with E-state index in [1.165, 1.54) is 16.5 Å². The summed E-state index contributed by atoms with van der Waals surface area (Å²) in [5.74, 6) is 0. The lowest BCUT2D eigenvalue weighted by molar-refractivity contribution is 0.0867. The van der Waals surface area contributed by atoms with Crippen molar-refractivity contribution in [3.63, 3.8) is 0 Å². The third-order valence-corrected chi connectivity index (χ3v) is 3.06. The van der Waals surface area contributed by atoms with Crippen LogP contribution in [-0.4, -0.2) is 11.7 Å². The molecule has 0 unspecified atom stereocenters. The second-order valence-electron chi connectivity index (χ2n) is 3.46. The van der Waals surface area contributed by atoms with Crippen LogP contribution < -0.4 is 5.48 Å². The summed E-state index contributed by atoms with van der Waals surface area (Å²) in [5.41, 5.74) is 5.26. The first-order chi connectivity index (χ1) is 7.22. The maximum absolute atomic E-state index is 4.83. The molecule has 15 heavy (non-hydrogen) atoms. The number of aryl methyl sites for hydroxylation is 1. The van der Waals surface area contributed by atoms with E-state index in [1.807, 2.05) is 7.05 Å². The second kappa shape index (κ2) is 4.35. The number of hydrogen-bond acceptors (Lipinski definition) is 2. The van der Waals surface area contributed by atoms with Crippen molar-refractivity contribution in [1.82, 2.24) is 10.0 Å². The highest BCUT2D eigenvalue weighted by Crippen LogP contribution is 2.26. The van der Waals surface area contributed by atoms with Crippen LogP contribution in [0.1, 0.15) is 5.56 Å². The molecule has 1 aromatic carbocycles. The molecule has 1 heterocycles. The van der Waals surface area contributed by atoms with Crippen LogP contribution in [0.15, 0.2) is 28.9 Å². The van der Waals surface area contributed by atoms with Gasteiger partial charge in [-0.15, -0.1) is 0 Å². The highest BCUT2D eigenvalue weighted by molar-refractivity contribution is 9.10. The summed E-state index contributed by atoms with van der Waals surface area (Å²) in [6.07, 6.45) is 2.07.